The zero-order valence-corrected chi connectivity index (χ0v) is 18.4. The van der Waals surface area contributed by atoms with E-state index in [1.165, 1.54) is 25.9 Å². The van der Waals surface area contributed by atoms with E-state index in [0.717, 1.165) is 50.2 Å². The molecule has 1 N–H and O–H groups in total. The predicted molar refractivity (Wildman–Crippen MR) is 122 cm³/mol. The number of anilines is 1. The quantitative estimate of drug-likeness (QED) is 0.657. The Hall–Kier alpha value is -2.67. The number of ether oxygens (including phenoxy) is 1. The van der Waals surface area contributed by atoms with Crippen LogP contribution in [0.1, 0.15) is 37.7 Å². The number of aryl methyl sites for hydroxylation is 1. The summed E-state index contributed by atoms with van der Waals surface area (Å²) in [5, 5.41) is 3.15. The molecule has 1 atom stereocenters. The highest BCUT2D eigenvalue weighted by Crippen LogP contribution is 2.32. The number of amides is 1. The fraction of sp³-hybridized carbons (Fsp3) is 0.542. The van der Waals surface area contributed by atoms with Crippen LogP contribution in [0.15, 0.2) is 36.7 Å². The SMILES string of the molecule is Cc1ccccc1Oc1nccnc1N1CCCC(C(=O)NCCCN2CCCC2)C1. The van der Waals surface area contributed by atoms with Crippen LogP contribution >= 0.6 is 0 Å². The minimum atomic E-state index is -0.0335. The summed E-state index contributed by atoms with van der Waals surface area (Å²) in [6.45, 7) is 7.74. The lowest BCUT2D eigenvalue weighted by molar-refractivity contribution is -0.125. The maximum absolute atomic E-state index is 12.8. The number of nitrogens with one attached hydrogen (secondary N) is 1. The van der Waals surface area contributed by atoms with Gasteiger partial charge in [-0.1, -0.05) is 18.2 Å². The number of carbonyl (C=O) groups excluding carboxylic acids is 1. The number of likely N-dealkylation sites (tertiary alicyclic amines) is 1. The summed E-state index contributed by atoms with van der Waals surface area (Å²) in [4.78, 5) is 26.4. The summed E-state index contributed by atoms with van der Waals surface area (Å²) in [7, 11) is 0. The Morgan fingerprint density at radius 1 is 1.13 bits per heavy atom. The third kappa shape index (κ3) is 5.73. The van der Waals surface area contributed by atoms with E-state index in [1.54, 1.807) is 12.4 Å². The molecule has 7 nitrogen and oxygen atoms in total. The first-order valence-electron chi connectivity index (χ1n) is 11.5. The average molecular weight is 424 g/mol. The molecule has 1 unspecified atom stereocenters. The van der Waals surface area contributed by atoms with Crippen LogP contribution in [0.25, 0.3) is 0 Å². The lowest BCUT2D eigenvalue weighted by Gasteiger charge is -2.33. The van der Waals surface area contributed by atoms with Gasteiger partial charge in [-0.15, -0.1) is 0 Å². The summed E-state index contributed by atoms with van der Waals surface area (Å²) in [6, 6.07) is 7.88. The van der Waals surface area contributed by atoms with Gasteiger partial charge >= 0.3 is 0 Å². The van der Waals surface area contributed by atoms with Gasteiger partial charge in [0.25, 0.3) is 5.88 Å². The molecule has 2 saturated heterocycles. The van der Waals surface area contributed by atoms with E-state index in [-0.39, 0.29) is 11.8 Å². The van der Waals surface area contributed by atoms with Gasteiger partial charge in [0, 0.05) is 32.0 Å². The van der Waals surface area contributed by atoms with Crippen LogP contribution in [0.3, 0.4) is 0 Å². The Bertz CT molecular complexity index is 869. The van der Waals surface area contributed by atoms with Crippen molar-refractivity contribution in [3.63, 3.8) is 0 Å². The number of nitrogens with zero attached hydrogens (tertiary/aromatic N) is 4. The summed E-state index contributed by atoms with van der Waals surface area (Å²) in [5.74, 6) is 2.08. The van der Waals surface area contributed by atoms with Gasteiger partial charge < -0.3 is 19.9 Å². The van der Waals surface area contributed by atoms with Crippen molar-refractivity contribution in [2.24, 2.45) is 5.92 Å². The molecule has 2 aliphatic rings. The van der Waals surface area contributed by atoms with Gasteiger partial charge in [0.2, 0.25) is 5.91 Å². The van der Waals surface area contributed by atoms with Crippen molar-refractivity contribution in [1.82, 2.24) is 20.2 Å². The Labute approximate surface area is 184 Å². The number of aromatic nitrogens is 2. The van der Waals surface area contributed by atoms with Crippen LogP contribution in [-0.4, -0.2) is 60.0 Å². The average Bonchev–Trinajstić information content (AvgIpc) is 3.32. The van der Waals surface area contributed by atoms with Gasteiger partial charge in [-0.2, -0.15) is 0 Å². The standard InChI is InChI=1S/C24H33N5O2/c1-19-8-2-3-10-21(19)31-24-22(25-12-13-27-24)29-17-6-9-20(18-29)23(30)26-11-7-16-28-14-4-5-15-28/h2-3,8,10,12-13,20H,4-7,9,11,14-18H2,1H3,(H,26,30). The van der Waals surface area contributed by atoms with Crippen LogP contribution in [-0.2, 0) is 4.79 Å². The topological polar surface area (TPSA) is 70.6 Å². The van der Waals surface area contributed by atoms with Gasteiger partial charge in [-0.25, -0.2) is 9.97 Å². The number of rotatable bonds is 8. The number of carbonyl (C=O) groups is 1. The Morgan fingerprint density at radius 2 is 1.94 bits per heavy atom. The first kappa shape index (κ1) is 21.6. The summed E-state index contributed by atoms with van der Waals surface area (Å²) >= 11 is 0. The van der Waals surface area contributed by atoms with Crippen molar-refractivity contribution in [3.05, 3.63) is 42.2 Å². The largest absolute Gasteiger partial charge is 0.436 e. The molecule has 0 bridgehead atoms. The van der Waals surface area contributed by atoms with E-state index in [2.05, 4.69) is 25.1 Å². The summed E-state index contributed by atoms with van der Waals surface area (Å²) in [5.41, 5.74) is 1.05. The van der Waals surface area contributed by atoms with Crippen molar-refractivity contribution in [2.45, 2.75) is 39.0 Å². The van der Waals surface area contributed by atoms with Crippen LogP contribution in [0, 0.1) is 12.8 Å². The highest BCUT2D eigenvalue weighted by Gasteiger charge is 2.28. The highest BCUT2D eigenvalue weighted by molar-refractivity contribution is 5.79. The second-order valence-corrected chi connectivity index (χ2v) is 8.53. The van der Waals surface area contributed by atoms with Crippen LogP contribution in [0.2, 0.25) is 0 Å². The molecular weight excluding hydrogens is 390 g/mol. The molecule has 2 aliphatic heterocycles. The Balaban J connectivity index is 1.34. The van der Waals surface area contributed by atoms with Gasteiger partial charge in [0.1, 0.15) is 5.75 Å². The van der Waals surface area contributed by atoms with Crippen molar-refractivity contribution < 1.29 is 9.53 Å². The molecule has 0 aliphatic carbocycles. The molecule has 1 amide bonds. The highest BCUT2D eigenvalue weighted by atomic mass is 16.5. The Morgan fingerprint density at radius 3 is 2.77 bits per heavy atom. The van der Waals surface area contributed by atoms with Crippen molar-refractivity contribution >= 4 is 11.7 Å². The second kappa shape index (κ2) is 10.6. The van der Waals surface area contributed by atoms with E-state index in [4.69, 9.17) is 4.74 Å². The molecule has 2 fully saturated rings. The zero-order chi connectivity index (χ0) is 21.5. The number of hydrogen-bond donors (Lipinski definition) is 1. The van der Waals surface area contributed by atoms with Crippen molar-refractivity contribution in [2.75, 3.05) is 44.2 Å². The number of para-hydroxylation sites is 1. The lowest BCUT2D eigenvalue weighted by atomic mass is 9.97. The van der Waals surface area contributed by atoms with E-state index in [9.17, 15) is 4.79 Å². The van der Waals surface area contributed by atoms with Gasteiger partial charge in [0.15, 0.2) is 5.82 Å². The smallest absolute Gasteiger partial charge is 0.263 e. The van der Waals surface area contributed by atoms with Crippen LogP contribution in [0.4, 0.5) is 5.82 Å². The zero-order valence-electron chi connectivity index (χ0n) is 18.4. The second-order valence-electron chi connectivity index (χ2n) is 8.53. The minimum absolute atomic E-state index is 0.0335. The molecule has 1 aromatic carbocycles. The molecule has 2 aromatic rings. The van der Waals surface area contributed by atoms with Crippen LogP contribution in [0.5, 0.6) is 11.6 Å². The summed E-state index contributed by atoms with van der Waals surface area (Å²) in [6.07, 6.45) is 8.81. The van der Waals surface area contributed by atoms with E-state index in [0.29, 0.717) is 18.2 Å². The molecule has 4 rings (SSSR count). The van der Waals surface area contributed by atoms with Crippen molar-refractivity contribution in [1.29, 1.82) is 0 Å². The maximum Gasteiger partial charge on any atom is 0.263 e. The molecule has 7 heteroatoms. The molecule has 166 valence electrons. The van der Waals surface area contributed by atoms with E-state index < -0.39 is 0 Å². The number of piperidine rings is 1. The molecule has 3 heterocycles. The third-order valence-corrected chi connectivity index (χ3v) is 6.19. The van der Waals surface area contributed by atoms with Crippen molar-refractivity contribution in [3.8, 4) is 11.6 Å². The number of benzene rings is 1. The predicted octanol–water partition coefficient (Wildman–Crippen LogP) is 3.40. The van der Waals surface area contributed by atoms with Crippen LogP contribution < -0.4 is 15.0 Å². The summed E-state index contributed by atoms with van der Waals surface area (Å²) < 4.78 is 6.10. The molecular formula is C24H33N5O2. The molecule has 0 radical (unpaired) electrons. The van der Waals surface area contributed by atoms with Gasteiger partial charge in [0.05, 0.1) is 5.92 Å². The molecule has 1 aromatic heterocycles. The first-order valence-corrected chi connectivity index (χ1v) is 11.5. The monoisotopic (exact) mass is 423 g/mol. The molecule has 0 spiro atoms. The third-order valence-electron chi connectivity index (χ3n) is 6.19. The van der Waals surface area contributed by atoms with Gasteiger partial charge in [-0.3, -0.25) is 4.79 Å². The maximum atomic E-state index is 12.8. The Kier molecular flexibility index (Phi) is 7.35. The normalized spacial score (nSPS) is 19.4. The van der Waals surface area contributed by atoms with Gasteiger partial charge in [-0.05, 0) is 70.3 Å². The molecule has 0 saturated carbocycles. The fourth-order valence-electron chi connectivity index (χ4n) is 4.43. The fourth-order valence-corrected chi connectivity index (χ4v) is 4.43. The van der Waals surface area contributed by atoms with E-state index in [1.807, 2.05) is 31.2 Å². The lowest BCUT2D eigenvalue weighted by Crippen LogP contribution is -2.44. The first-order chi connectivity index (χ1) is 15.2. The molecule has 31 heavy (non-hydrogen) atoms. The minimum Gasteiger partial charge on any atom is -0.436 e. The van der Waals surface area contributed by atoms with E-state index >= 15 is 0 Å². The number of hydrogen-bond acceptors (Lipinski definition) is 6.